The van der Waals surface area contributed by atoms with Gasteiger partial charge < -0.3 is 5.32 Å². The molecule has 1 N–H and O–H groups in total. The minimum Gasteiger partial charge on any atom is -0.314 e. The lowest BCUT2D eigenvalue weighted by Crippen LogP contribution is -2.32. The van der Waals surface area contributed by atoms with Crippen molar-refractivity contribution in [2.24, 2.45) is 5.92 Å². The molecule has 2 unspecified atom stereocenters. The van der Waals surface area contributed by atoms with Crippen molar-refractivity contribution in [3.05, 3.63) is 48.0 Å². The van der Waals surface area contributed by atoms with E-state index in [4.69, 9.17) is 0 Å². The van der Waals surface area contributed by atoms with Crippen LogP contribution in [0.5, 0.6) is 0 Å². The first-order valence-electron chi connectivity index (χ1n) is 8.08. The third-order valence-corrected chi connectivity index (χ3v) is 4.70. The summed E-state index contributed by atoms with van der Waals surface area (Å²) in [5, 5.41) is 6.39. The molecule has 0 aromatic heterocycles. The predicted octanol–water partition coefficient (Wildman–Crippen LogP) is 3.83. The average molecular weight is 282 g/mol. The third kappa shape index (κ3) is 2.97. The molecule has 1 aliphatic heterocycles. The maximum atomic E-state index is 3.63. The molecule has 0 radical (unpaired) electrons. The normalized spacial score (nSPS) is 23.2. The fraction of sp³-hybridized carbons (Fsp3) is 0.474. The molecule has 1 fully saturated rings. The van der Waals surface area contributed by atoms with Crippen LogP contribution in [-0.4, -0.2) is 31.1 Å². The molecular formula is C19H26N2. The van der Waals surface area contributed by atoms with Crippen molar-refractivity contribution in [3.63, 3.8) is 0 Å². The summed E-state index contributed by atoms with van der Waals surface area (Å²) in [7, 11) is 2.27. The molecule has 21 heavy (non-hydrogen) atoms. The Morgan fingerprint density at radius 3 is 2.71 bits per heavy atom. The first-order chi connectivity index (χ1) is 10.2. The van der Waals surface area contributed by atoms with Crippen LogP contribution in [-0.2, 0) is 0 Å². The van der Waals surface area contributed by atoms with Crippen molar-refractivity contribution in [1.82, 2.24) is 10.2 Å². The fourth-order valence-electron chi connectivity index (χ4n) is 3.63. The van der Waals surface area contributed by atoms with Crippen molar-refractivity contribution < 1.29 is 0 Å². The molecule has 0 amide bonds. The van der Waals surface area contributed by atoms with Crippen molar-refractivity contribution in [3.8, 4) is 0 Å². The van der Waals surface area contributed by atoms with Crippen LogP contribution >= 0.6 is 0 Å². The van der Waals surface area contributed by atoms with Crippen LogP contribution < -0.4 is 5.32 Å². The zero-order valence-corrected chi connectivity index (χ0v) is 13.3. The quantitative estimate of drug-likeness (QED) is 0.917. The molecule has 0 bridgehead atoms. The second kappa shape index (κ2) is 6.17. The van der Waals surface area contributed by atoms with E-state index in [1.54, 1.807) is 0 Å². The highest BCUT2D eigenvalue weighted by Gasteiger charge is 2.33. The van der Waals surface area contributed by atoms with Crippen LogP contribution in [0.4, 0.5) is 0 Å². The van der Waals surface area contributed by atoms with Gasteiger partial charge in [0.2, 0.25) is 0 Å². The Labute approximate surface area is 128 Å². The summed E-state index contributed by atoms with van der Waals surface area (Å²) >= 11 is 0. The van der Waals surface area contributed by atoms with E-state index < -0.39 is 0 Å². The van der Waals surface area contributed by atoms with E-state index in [2.05, 4.69) is 73.6 Å². The number of nitrogens with one attached hydrogen (secondary N) is 1. The lowest BCUT2D eigenvalue weighted by molar-refractivity contribution is 0.271. The summed E-state index contributed by atoms with van der Waals surface area (Å²) < 4.78 is 0. The lowest BCUT2D eigenvalue weighted by Gasteiger charge is -2.27. The summed E-state index contributed by atoms with van der Waals surface area (Å²) in [6.45, 7) is 6.76. The average Bonchev–Trinajstić information content (AvgIpc) is 2.85. The molecule has 0 aliphatic carbocycles. The molecule has 112 valence electrons. The van der Waals surface area contributed by atoms with E-state index in [0.717, 1.165) is 6.54 Å². The predicted molar refractivity (Wildman–Crippen MR) is 90.6 cm³/mol. The molecule has 0 saturated carbocycles. The summed E-state index contributed by atoms with van der Waals surface area (Å²) in [4.78, 5) is 2.52. The van der Waals surface area contributed by atoms with E-state index in [1.165, 1.54) is 29.3 Å². The van der Waals surface area contributed by atoms with Gasteiger partial charge in [-0.25, -0.2) is 0 Å². The molecule has 2 atom stereocenters. The van der Waals surface area contributed by atoms with Gasteiger partial charge in [-0.05, 0) is 42.3 Å². The molecule has 1 heterocycles. The number of nitrogens with zero attached hydrogens (tertiary/aromatic N) is 1. The van der Waals surface area contributed by atoms with Gasteiger partial charge >= 0.3 is 0 Å². The molecule has 3 rings (SSSR count). The van der Waals surface area contributed by atoms with Crippen LogP contribution in [0.3, 0.4) is 0 Å². The molecule has 2 heteroatoms. The fourth-order valence-corrected chi connectivity index (χ4v) is 3.63. The van der Waals surface area contributed by atoms with Gasteiger partial charge in [0.05, 0.1) is 0 Å². The van der Waals surface area contributed by atoms with Crippen LogP contribution in [0.15, 0.2) is 42.5 Å². The molecule has 0 spiro atoms. The zero-order chi connectivity index (χ0) is 14.8. The SMILES string of the molecule is CC(C)NCC1CCN(C)C1c1cccc2ccccc12. The van der Waals surface area contributed by atoms with Crippen molar-refractivity contribution in [2.75, 3.05) is 20.1 Å². The van der Waals surface area contributed by atoms with Gasteiger partial charge in [0.25, 0.3) is 0 Å². The van der Waals surface area contributed by atoms with E-state index in [9.17, 15) is 0 Å². The molecule has 2 nitrogen and oxygen atoms in total. The number of likely N-dealkylation sites (tertiary alicyclic amines) is 1. The number of fused-ring (bicyclic) bond motifs is 1. The maximum Gasteiger partial charge on any atom is 0.0391 e. The zero-order valence-electron chi connectivity index (χ0n) is 13.3. The summed E-state index contributed by atoms with van der Waals surface area (Å²) in [5.41, 5.74) is 1.49. The Kier molecular flexibility index (Phi) is 4.27. The van der Waals surface area contributed by atoms with Gasteiger partial charge in [-0.1, -0.05) is 56.3 Å². The van der Waals surface area contributed by atoms with E-state index in [1.807, 2.05) is 0 Å². The number of hydrogen-bond donors (Lipinski definition) is 1. The van der Waals surface area contributed by atoms with Crippen molar-refractivity contribution in [2.45, 2.75) is 32.4 Å². The highest BCUT2D eigenvalue weighted by Crippen LogP contribution is 2.38. The van der Waals surface area contributed by atoms with E-state index in [-0.39, 0.29) is 0 Å². The Morgan fingerprint density at radius 2 is 1.90 bits per heavy atom. The van der Waals surface area contributed by atoms with Crippen LogP contribution in [0, 0.1) is 5.92 Å². The van der Waals surface area contributed by atoms with Crippen LogP contribution in [0.25, 0.3) is 10.8 Å². The Hall–Kier alpha value is -1.38. The smallest absolute Gasteiger partial charge is 0.0391 e. The van der Waals surface area contributed by atoms with Crippen molar-refractivity contribution >= 4 is 10.8 Å². The number of hydrogen-bond acceptors (Lipinski definition) is 2. The van der Waals surface area contributed by atoms with Crippen molar-refractivity contribution in [1.29, 1.82) is 0 Å². The van der Waals surface area contributed by atoms with Gasteiger partial charge in [-0.2, -0.15) is 0 Å². The van der Waals surface area contributed by atoms with Gasteiger partial charge in [0, 0.05) is 18.6 Å². The third-order valence-electron chi connectivity index (χ3n) is 4.70. The number of benzene rings is 2. The highest BCUT2D eigenvalue weighted by molar-refractivity contribution is 5.86. The second-order valence-electron chi connectivity index (χ2n) is 6.61. The topological polar surface area (TPSA) is 15.3 Å². The molecule has 1 aliphatic rings. The number of rotatable bonds is 4. The first-order valence-corrected chi connectivity index (χ1v) is 8.08. The summed E-state index contributed by atoms with van der Waals surface area (Å²) in [5.74, 6) is 0.697. The monoisotopic (exact) mass is 282 g/mol. The molecule has 1 saturated heterocycles. The Bertz CT molecular complexity index is 600. The van der Waals surface area contributed by atoms with Gasteiger partial charge in [-0.15, -0.1) is 0 Å². The van der Waals surface area contributed by atoms with Gasteiger partial charge in [0.1, 0.15) is 0 Å². The lowest BCUT2D eigenvalue weighted by atomic mass is 9.90. The largest absolute Gasteiger partial charge is 0.314 e. The highest BCUT2D eigenvalue weighted by atomic mass is 15.2. The Balaban J connectivity index is 1.95. The minimum atomic E-state index is 0.530. The summed E-state index contributed by atoms with van der Waals surface area (Å²) in [6, 6.07) is 16.6. The molecule has 2 aromatic carbocycles. The minimum absolute atomic E-state index is 0.530. The second-order valence-corrected chi connectivity index (χ2v) is 6.61. The maximum absolute atomic E-state index is 3.63. The van der Waals surface area contributed by atoms with E-state index in [0.29, 0.717) is 18.0 Å². The van der Waals surface area contributed by atoms with Gasteiger partial charge in [-0.3, -0.25) is 4.90 Å². The first kappa shape index (κ1) is 14.6. The van der Waals surface area contributed by atoms with Crippen LogP contribution in [0.1, 0.15) is 31.9 Å². The van der Waals surface area contributed by atoms with Gasteiger partial charge in [0.15, 0.2) is 0 Å². The van der Waals surface area contributed by atoms with E-state index >= 15 is 0 Å². The molecular weight excluding hydrogens is 256 g/mol. The van der Waals surface area contributed by atoms with Crippen LogP contribution in [0.2, 0.25) is 0 Å². The Morgan fingerprint density at radius 1 is 1.14 bits per heavy atom. The molecule has 2 aromatic rings. The standard InChI is InChI=1S/C19H26N2/c1-14(2)20-13-16-11-12-21(3)19(16)18-10-6-8-15-7-4-5-9-17(15)18/h4-10,14,16,19-20H,11-13H2,1-3H3. The summed E-state index contributed by atoms with van der Waals surface area (Å²) in [6.07, 6.45) is 1.28.